The molecular formula is C18H27FN2. The first kappa shape index (κ1) is 15.0. The van der Waals surface area contributed by atoms with E-state index in [0.29, 0.717) is 12.0 Å². The van der Waals surface area contributed by atoms with E-state index in [0.717, 1.165) is 24.6 Å². The normalized spacial score (nSPS) is 27.2. The summed E-state index contributed by atoms with van der Waals surface area (Å²) in [6.45, 7) is 9.40. The minimum Gasteiger partial charge on any atom is -0.298 e. The second-order valence-electron chi connectivity index (χ2n) is 6.98. The monoisotopic (exact) mass is 290 g/mol. The van der Waals surface area contributed by atoms with Gasteiger partial charge in [0.15, 0.2) is 0 Å². The summed E-state index contributed by atoms with van der Waals surface area (Å²) >= 11 is 0. The van der Waals surface area contributed by atoms with E-state index in [9.17, 15) is 4.39 Å². The van der Waals surface area contributed by atoms with Crippen molar-refractivity contribution in [1.29, 1.82) is 0 Å². The van der Waals surface area contributed by atoms with Crippen molar-refractivity contribution in [2.45, 2.75) is 45.2 Å². The molecule has 2 heterocycles. The van der Waals surface area contributed by atoms with Gasteiger partial charge in [0, 0.05) is 31.7 Å². The van der Waals surface area contributed by atoms with Crippen molar-refractivity contribution in [3.8, 4) is 0 Å². The molecule has 0 aromatic heterocycles. The van der Waals surface area contributed by atoms with E-state index < -0.39 is 0 Å². The first-order chi connectivity index (χ1) is 10.1. The average Bonchev–Trinajstić information content (AvgIpc) is 2.91. The maximum atomic E-state index is 13.3. The molecule has 116 valence electrons. The number of hydrogen-bond donors (Lipinski definition) is 0. The first-order valence-corrected chi connectivity index (χ1v) is 8.36. The molecule has 0 N–H and O–H groups in total. The van der Waals surface area contributed by atoms with Crippen molar-refractivity contribution in [2.75, 3.05) is 26.2 Å². The molecule has 0 saturated carbocycles. The maximum Gasteiger partial charge on any atom is 0.123 e. The van der Waals surface area contributed by atoms with Crippen LogP contribution in [0.15, 0.2) is 24.3 Å². The van der Waals surface area contributed by atoms with Gasteiger partial charge in [-0.15, -0.1) is 0 Å². The SMILES string of the molecule is CC(C)C1CN2CCCC2CN1CCc1cccc(F)c1. The lowest BCUT2D eigenvalue weighted by molar-refractivity contribution is 0.0302. The largest absolute Gasteiger partial charge is 0.298 e. The molecule has 1 aromatic rings. The Labute approximate surface area is 127 Å². The summed E-state index contributed by atoms with van der Waals surface area (Å²) < 4.78 is 13.3. The van der Waals surface area contributed by atoms with Crippen molar-refractivity contribution >= 4 is 0 Å². The van der Waals surface area contributed by atoms with Crippen LogP contribution >= 0.6 is 0 Å². The zero-order valence-electron chi connectivity index (χ0n) is 13.3. The molecular weight excluding hydrogens is 263 g/mol. The van der Waals surface area contributed by atoms with E-state index in [4.69, 9.17) is 0 Å². The van der Waals surface area contributed by atoms with E-state index in [1.807, 2.05) is 12.1 Å². The topological polar surface area (TPSA) is 6.48 Å². The molecule has 2 saturated heterocycles. The number of hydrogen-bond acceptors (Lipinski definition) is 2. The third kappa shape index (κ3) is 3.46. The van der Waals surface area contributed by atoms with Crippen LogP contribution in [-0.4, -0.2) is 48.1 Å². The van der Waals surface area contributed by atoms with Crippen molar-refractivity contribution in [3.63, 3.8) is 0 Å². The van der Waals surface area contributed by atoms with Crippen molar-refractivity contribution in [2.24, 2.45) is 5.92 Å². The highest BCUT2D eigenvalue weighted by Crippen LogP contribution is 2.27. The van der Waals surface area contributed by atoms with Gasteiger partial charge >= 0.3 is 0 Å². The summed E-state index contributed by atoms with van der Waals surface area (Å²) in [5.74, 6) is 0.563. The standard InChI is InChI=1S/C18H27FN2/c1-14(2)18-13-20-9-4-7-17(20)12-21(18)10-8-15-5-3-6-16(19)11-15/h3,5-6,11,14,17-18H,4,7-10,12-13H2,1-2H3. The molecule has 21 heavy (non-hydrogen) atoms. The molecule has 3 rings (SSSR count). The van der Waals surface area contributed by atoms with Gasteiger partial charge in [0.1, 0.15) is 5.82 Å². The third-order valence-electron chi connectivity index (χ3n) is 5.18. The van der Waals surface area contributed by atoms with Crippen LogP contribution in [0.5, 0.6) is 0 Å². The molecule has 2 aliphatic rings. The Hall–Kier alpha value is -0.930. The van der Waals surface area contributed by atoms with Gasteiger partial charge in [-0.25, -0.2) is 4.39 Å². The highest BCUT2D eigenvalue weighted by Gasteiger charge is 2.36. The van der Waals surface area contributed by atoms with E-state index >= 15 is 0 Å². The Bertz CT molecular complexity index is 474. The molecule has 0 radical (unpaired) electrons. The van der Waals surface area contributed by atoms with E-state index in [1.54, 1.807) is 6.07 Å². The van der Waals surface area contributed by atoms with E-state index in [1.165, 1.54) is 38.5 Å². The molecule has 1 aromatic carbocycles. The van der Waals surface area contributed by atoms with Crippen LogP contribution in [0.3, 0.4) is 0 Å². The fraction of sp³-hybridized carbons (Fsp3) is 0.667. The smallest absolute Gasteiger partial charge is 0.123 e. The lowest BCUT2D eigenvalue weighted by Gasteiger charge is -2.45. The Morgan fingerprint density at radius 3 is 2.90 bits per heavy atom. The molecule has 0 spiro atoms. The Balaban J connectivity index is 1.64. The van der Waals surface area contributed by atoms with Crippen LogP contribution in [0.1, 0.15) is 32.3 Å². The zero-order valence-corrected chi connectivity index (χ0v) is 13.3. The summed E-state index contributed by atoms with van der Waals surface area (Å²) in [6.07, 6.45) is 3.65. The van der Waals surface area contributed by atoms with Gasteiger partial charge in [-0.05, 0) is 49.4 Å². The maximum absolute atomic E-state index is 13.3. The van der Waals surface area contributed by atoms with Gasteiger partial charge in [-0.2, -0.15) is 0 Å². The lowest BCUT2D eigenvalue weighted by Crippen LogP contribution is -2.58. The van der Waals surface area contributed by atoms with Gasteiger partial charge in [0.25, 0.3) is 0 Å². The molecule has 0 bridgehead atoms. The minimum atomic E-state index is -0.117. The molecule has 2 nitrogen and oxygen atoms in total. The predicted molar refractivity (Wildman–Crippen MR) is 84.9 cm³/mol. The van der Waals surface area contributed by atoms with Gasteiger partial charge in [0.05, 0.1) is 0 Å². The van der Waals surface area contributed by atoms with Crippen LogP contribution in [0.4, 0.5) is 4.39 Å². The van der Waals surface area contributed by atoms with Gasteiger partial charge in [0.2, 0.25) is 0 Å². The summed E-state index contributed by atoms with van der Waals surface area (Å²) in [5.41, 5.74) is 1.12. The number of nitrogens with zero attached hydrogens (tertiary/aromatic N) is 2. The van der Waals surface area contributed by atoms with Gasteiger partial charge in [-0.1, -0.05) is 26.0 Å². The summed E-state index contributed by atoms with van der Waals surface area (Å²) in [4.78, 5) is 5.34. The van der Waals surface area contributed by atoms with Crippen molar-refractivity contribution in [3.05, 3.63) is 35.6 Å². The number of halogens is 1. The van der Waals surface area contributed by atoms with Crippen LogP contribution in [-0.2, 0) is 6.42 Å². The Morgan fingerprint density at radius 1 is 1.29 bits per heavy atom. The lowest BCUT2D eigenvalue weighted by atomic mass is 9.96. The molecule has 0 amide bonds. The average molecular weight is 290 g/mol. The molecule has 0 aliphatic carbocycles. The van der Waals surface area contributed by atoms with Crippen LogP contribution in [0.25, 0.3) is 0 Å². The quantitative estimate of drug-likeness (QED) is 0.840. The Morgan fingerprint density at radius 2 is 2.14 bits per heavy atom. The van der Waals surface area contributed by atoms with Crippen LogP contribution < -0.4 is 0 Å². The van der Waals surface area contributed by atoms with Crippen molar-refractivity contribution < 1.29 is 4.39 Å². The highest BCUT2D eigenvalue weighted by molar-refractivity contribution is 5.16. The molecule has 3 heteroatoms. The highest BCUT2D eigenvalue weighted by atomic mass is 19.1. The summed E-state index contributed by atoms with van der Waals surface area (Å²) in [7, 11) is 0. The number of fused-ring (bicyclic) bond motifs is 1. The fourth-order valence-electron chi connectivity index (χ4n) is 3.96. The second kappa shape index (κ2) is 6.45. The second-order valence-corrected chi connectivity index (χ2v) is 6.98. The van der Waals surface area contributed by atoms with Gasteiger partial charge < -0.3 is 0 Å². The van der Waals surface area contributed by atoms with Crippen LogP contribution in [0.2, 0.25) is 0 Å². The molecule has 2 unspecified atom stereocenters. The van der Waals surface area contributed by atoms with Gasteiger partial charge in [-0.3, -0.25) is 9.80 Å². The molecule has 2 fully saturated rings. The van der Waals surface area contributed by atoms with Crippen LogP contribution in [0, 0.1) is 11.7 Å². The zero-order chi connectivity index (χ0) is 14.8. The third-order valence-corrected chi connectivity index (χ3v) is 5.18. The fourth-order valence-corrected chi connectivity index (χ4v) is 3.96. The number of piperazine rings is 1. The minimum absolute atomic E-state index is 0.117. The van der Waals surface area contributed by atoms with E-state index in [2.05, 4.69) is 23.6 Å². The number of rotatable bonds is 4. The van der Waals surface area contributed by atoms with E-state index in [-0.39, 0.29) is 5.82 Å². The predicted octanol–water partition coefficient (Wildman–Crippen LogP) is 3.17. The molecule has 2 atom stereocenters. The number of benzene rings is 1. The first-order valence-electron chi connectivity index (χ1n) is 8.36. The molecule has 2 aliphatic heterocycles. The summed E-state index contributed by atoms with van der Waals surface area (Å²) in [6, 6.07) is 8.47. The van der Waals surface area contributed by atoms with Crippen molar-refractivity contribution in [1.82, 2.24) is 9.80 Å². The summed E-state index contributed by atoms with van der Waals surface area (Å²) in [5, 5.41) is 0. The Kier molecular flexibility index (Phi) is 4.60.